The third-order valence-corrected chi connectivity index (χ3v) is 4.70. The average molecular weight is 287 g/mol. The van der Waals surface area contributed by atoms with Crippen molar-refractivity contribution in [3.63, 3.8) is 0 Å². The van der Waals surface area contributed by atoms with Gasteiger partial charge in [0, 0.05) is 0 Å². The second-order valence-electron chi connectivity index (χ2n) is 3.50. The van der Waals surface area contributed by atoms with E-state index in [0.717, 1.165) is 4.70 Å². The first kappa shape index (κ1) is 11.3. The van der Waals surface area contributed by atoms with Gasteiger partial charge in [-0.15, -0.1) is 0 Å². The van der Waals surface area contributed by atoms with Crippen molar-refractivity contribution in [2.45, 2.75) is 5.44 Å². The lowest BCUT2D eigenvalue weighted by molar-refractivity contribution is -0.121. The fourth-order valence-corrected chi connectivity index (χ4v) is 3.74. The Morgan fingerprint density at radius 2 is 2.35 bits per heavy atom. The lowest BCUT2D eigenvalue weighted by Crippen LogP contribution is -2.28. The summed E-state index contributed by atoms with van der Waals surface area (Å²) in [5.41, 5.74) is -0.272. The predicted octanol–water partition coefficient (Wildman–Crippen LogP) is 2.31. The van der Waals surface area contributed by atoms with E-state index in [4.69, 9.17) is 11.6 Å². The number of thiazole rings is 1. The lowest BCUT2D eigenvalue weighted by Gasteiger charge is -2.09. The first-order valence-corrected chi connectivity index (χ1v) is 7.07. The maximum absolute atomic E-state index is 11.7. The number of benzene rings is 1. The lowest BCUT2D eigenvalue weighted by atomic mass is 10.3. The zero-order valence-electron chi connectivity index (χ0n) is 8.46. The van der Waals surface area contributed by atoms with Crippen molar-refractivity contribution in [1.82, 2.24) is 4.98 Å². The number of hydrogen-bond acceptors (Lipinski definition) is 5. The third-order valence-electron chi connectivity index (χ3n) is 2.43. The van der Waals surface area contributed by atoms with Gasteiger partial charge in [0.05, 0.1) is 15.6 Å². The molecule has 4 nitrogen and oxygen atoms in total. The number of fused-ring (bicyclic) bond motifs is 1. The maximum atomic E-state index is 11.7. The summed E-state index contributed by atoms with van der Waals surface area (Å²) in [5.74, 6) is 0.113. The molecule has 1 aliphatic heterocycles. The van der Waals surface area contributed by atoms with Crippen molar-refractivity contribution < 1.29 is 9.90 Å². The molecule has 1 aromatic heterocycles. The van der Waals surface area contributed by atoms with Crippen LogP contribution in [0.1, 0.15) is 0 Å². The highest BCUT2D eigenvalue weighted by molar-refractivity contribution is 8.01. The number of aromatic nitrogens is 1. The fourth-order valence-electron chi connectivity index (χ4n) is 1.58. The summed E-state index contributed by atoms with van der Waals surface area (Å²) in [6, 6.07) is 5.53. The summed E-state index contributed by atoms with van der Waals surface area (Å²) in [5, 5.41) is 10.5. The maximum Gasteiger partial charge on any atom is 0.268 e. The molecule has 7 heteroatoms. The second-order valence-corrected chi connectivity index (χ2v) is 5.95. The van der Waals surface area contributed by atoms with Crippen LogP contribution in [0.3, 0.4) is 0 Å². The van der Waals surface area contributed by atoms with E-state index >= 15 is 0 Å². The summed E-state index contributed by atoms with van der Waals surface area (Å²) in [6.07, 6.45) is 0. The van der Waals surface area contributed by atoms with Crippen LogP contribution in [0.5, 0.6) is 0 Å². The number of anilines is 1. The standard InChI is InChI=1S/C10H7ClN2O2S2/c11-5-2-1-3-6-7(5)12-10(17-6)13-4-16-9(15)8(13)14/h1-3,9,15H,4H2. The number of nitrogens with zero attached hydrogens (tertiary/aromatic N) is 2. The van der Waals surface area contributed by atoms with Crippen molar-refractivity contribution in [3.05, 3.63) is 23.2 Å². The number of aliphatic hydroxyl groups is 1. The number of amides is 1. The average Bonchev–Trinajstić information content (AvgIpc) is 2.85. The number of thioether (sulfide) groups is 1. The summed E-state index contributed by atoms with van der Waals surface area (Å²) in [6.45, 7) is 0. The number of para-hydroxylation sites is 1. The van der Waals surface area contributed by atoms with Crippen molar-refractivity contribution in [2.24, 2.45) is 0 Å². The highest BCUT2D eigenvalue weighted by atomic mass is 35.5. The Kier molecular flexibility index (Phi) is 2.74. The molecule has 1 atom stereocenters. The van der Waals surface area contributed by atoms with Gasteiger partial charge in [-0.2, -0.15) is 0 Å². The van der Waals surface area contributed by atoms with Gasteiger partial charge in [0.15, 0.2) is 10.6 Å². The molecule has 17 heavy (non-hydrogen) atoms. The monoisotopic (exact) mass is 286 g/mol. The highest BCUT2D eigenvalue weighted by Gasteiger charge is 2.33. The summed E-state index contributed by atoms with van der Waals surface area (Å²) >= 11 is 8.62. The summed E-state index contributed by atoms with van der Waals surface area (Å²) in [7, 11) is 0. The Balaban J connectivity index is 2.07. The molecule has 1 fully saturated rings. The van der Waals surface area contributed by atoms with Crippen LogP contribution in [-0.4, -0.2) is 27.3 Å². The van der Waals surface area contributed by atoms with Gasteiger partial charge in [-0.05, 0) is 12.1 Å². The molecule has 88 valence electrons. The van der Waals surface area contributed by atoms with E-state index in [-0.39, 0.29) is 5.91 Å². The molecule has 0 radical (unpaired) electrons. The van der Waals surface area contributed by atoms with Gasteiger partial charge in [0.25, 0.3) is 5.91 Å². The molecule has 0 bridgehead atoms. The van der Waals surface area contributed by atoms with E-state index in [1.807, 2.05) is 12.1 Å². The molecule has 2 aromatic rings. The van der Waals surface area contributed by atoms with E-state index < -0.39 is 5.44 Å². The smallest absolute Gasteiger partial charge is 0.268 e. The minimum Gasteiger partial charge on any atom is -0.373 e. The van der Waals surface area contributed by atoms with E-state index in [9.17, 15) is 9.90 Å². The molecule has 1 N–H and O–H groups in total. The molecular formula is C10H7ClN2O2S2. The third kappa shape index (κ3) is 1.81. The van der Waals surface area contributed by atoms with Crippen molar-refractivity contribution in [2.75, 3.05) is 10.8 Å². The van der Waals surface area contributed by atoms with Crippen LogP contribution in [0, 0.1) is 0 Å². The molecule has 1 amide bonds. The zero-order chi connectivity index (χ0) is 12.0. The Morgan fingerprint density at radius 3 is 3.00 bits per heavy atom. The Bertz CT molecular complexity index is 601. The van der Waals surface area contributed by atoms with Crippen LogP contribution in [0.4, 0.5) is 5.13 Å². The number of aliphatic hydroxyl groups excluding tert-OH is 1. The first-order chi connectivity index (χ1) is 8.16. The molecule has 2 heterocycles. The van der Waals surface area contributed by atoms with Crippen molar-refractivity contribution in [3.8, 4) is 0 Å². The van der Waals surface area contributed by atoms with Crippen LogP contribution in [0.15, 0.2) is 18.2 Å². The number of carbonyl (C=O) groups is 1. The summed E-state index contributed by atoms with van der Waals surface area (Å²) < 4.78 is 0.937. The van der Waals surface area contributed by atoms with Crippen molar-refractivity contribution >= 4 is 56.0 Å². The number of carbonyl (C=O) groups excluding carboxylic acids is 1. The molecule has 0 spiro atoms. The largest absolute Gasteiger partial charge is 0.373 e. The van der Waals surface area contributed by atoms with Gasteiger partial charge in [-0.3, -0.25) is 9.69 Å². The van der Waals surface area contributed by atoms with Gasteiger partial charge in [0.1, 0.15) is 5.52 Å². The fraction of sp³-hybridized carbons (Fsp3) is 0.200. The van der Waals surface area contributed by atoms with Gasteiger partial charge in [-0.1, -0.05) is 40.8 Å². The van der Waals surface area contributed by atoms with Crippen LogP contribution in [0.2, 0.25) is 5.02 Å². The van der Waals surface area contributed by atoms with Crippen LogP contribution in [-0.2, 0) is 4.79 Å². The minimum atomic E-state index is -0.975. The summed E-state index contributed by atoms with van der Waals surface area (Å²) in [4.78, 5) is 17.5. The first-order valence-electron chi connectivity index (χ1n) is 4.83. The zero-order valence-corrected chi connectivity index (χ0v) is 10.8. The Labute approximate surface area is 110 Å². The topological polar surface area (TPSA) is 53.4 Å². The number of rotatable bonds is 1. The molecule has 1 unspecified atom stereocenters. The molecule has 1 aromatic carbocycles. The number of hydrogen-bond donors (Lipinski definition) is 1. The minimum absolute atomic E-state index is 0.315. The molecule has 0 aliphatic carbocycles. The van der Waals surface area contributed by atoms with Gasteiger partial charge in [-0.25, -0.2) is 4.98 Å². The van der Waals surface area contributed by atoms with Gasteiger partial charge < -0.3 is 5.11 Å². The normalized spacial score (nSPS) is 20.5. The van der Waals surface area contributed by atoms with Crippen molar-refractivity contribution in [1.29, 1.82) is 0 Å². The van der Waals surface area contributed by atoms with Crippen LogP contribution >= 0.6 is 34.7 Å². The molecular weight excluding hydrogens is 280 g/mol. The van der Waals surface area contributed by atoms with E-state index in [2.05, 4.69) is 4.98 Å². The highest BCUT2D eigenvalue weighted by Crippen LogP contribution is 2.36. The Morgan fingerprint density at radius 1 is 1.53 bits per heavy atom. The molecule has 0 saturated carbocycles. The van der Waals surface area contributed by atoms with Gasteiger partial charge >= 0.3 is 0 Å². The molecule has 1 aliphatic rings. The Hall–Kier alpha value is -0.820. The molecule has 3 rings (SSSR count). The van der Waals surface area contributed by atoms with E-state index in [0.29, 0.717) is 21.5 Å². The van der Waals surface area contributed by atoms with Crippen LogP contribution in [0.25, 0.3) is 10.2 Å². The molecule has 1 saturated heterocycles. The van der Waals surface area contributed by atoms with E-state index in [1.165, 1.54) is 28.0 Å². The predicted molar refractivity (Wildman–Crippen MR) is 70.6 cm³/mol. The number of halogens is 1. The van der Waals surface area contributed by atoms with E-state index in [1.54, 1.807) is 6.07 Å². The van der Waals surface area contributed by atoms with Crippen LogP contribution < -0.4 is 4.90 Å². The van der Waals surface area contributed by atoms with Gasteiger partial charge in [0.2, 0.25) is 0 Å². The quantitative estimate of drug-likeness (QED) is 0.874. The second kappa shape index (κ2) is 4.13. The SMILES string of the molecule is O=C1C(O)SCN1c1nc2c(Cl)cccc2s1.